The van der Waals surface area contributed by atoms with Crippen LogP contribution in [-0.4, -0.2) is 11.7 Å². The first-order valence-corrected chi connectivity index (χ1v) is 7.31. The van der Waals surface area contributed by atoms with Crippen LogP contribution in [0.3, 0.4) is 0 Å². The molecule has 2 aromatic rings. The summed E-state index contributed by atoms with van der Waals surface area (Å²) in [5.74, 6) is -0.00371. The third-order valence-electron chi connectivity index (χ3n) is 2.82. The predicted molar refractivity (Wildman–Crippen MR) is 79.2 cm³/mol. The van der Waals surface area contributed by atoms with Crippen molar-refractivity contribution in [3.8, 4) is 0 Å². The number of fused-ring (bicyclic) bond motifs is 1. The number of thiophene rings is 1. The van der Waals surface area contributed by atoms with Gasteiger partial charge in [0.15, 0.2) is 5.78 Å². The Balaban J connectivity index is 1.96. The number of carbonyl (C=O) groups excluding carboxylic acids is 2. The van der Waals surface area contributed by atoms with Gasteiger partial charge in [-0.3, -0.25) is 9.59 Å². The summed E-state index contributed by atoms with van der Waals surface area (Å²) in [6, 6.07) is 7.24. The van der Waals surface area contributed by atoms with Crippen molar-refractivity contribution in [1.29, 1.82) is 0 Å². The minimum Gasteiger partial charge on any atom is -0.326 e. The van der Waals surface area contributed by atoms with Gasteiger partial charge in [-0.2, -0.15) is 0 Å². The molecule has 18 heavy (non-hydrogen) atoms. The second-order valence-electron chi connectivity index (χ2n) is 4.07. The Bertz CT molecular complexity index is 663. The number of nitrogens with one attached hydrogen (secondary N) is 1. The van der Waals surface area contributed by atoms with Crippen molar-refractivity contribution in [2.24, 2.45) is 0 Å². The average Bonchev–Trinajstić information content (AvgIpc) is 2.92. The highest BCUT2D eigenvalue weighted by Gasteiger charge is 2.19. The van der Waals surface area contributed by atoms with Crippen LogP contribution < -0.4 is 5.32 Å². The number of benzene rings is 1. The molecule has 5 heteroatoms. The summed E-state index contributed by atoms with van der Waals surface area (Å²) in [6.07, 6.45) is 0.359. The monoisotopic (exact) mass is 369 g/mol. The molecule has 0 bridgehead atoms. The van der Waals surface area contributed by atoms with Crippen molar-refractivity contribution in [3.05, 3.63) is 49.2 Å². The van der Waals surface area contributed by atoms with Gasteiger partial charge in [-0.25, -0.2) is 0 Å². The zero-order chi connectivity index (χ0) is 12.7. The van der Waals surface area contributed by atoms with Crippen molar-refractivity contribution in [3.63, 3.8) is 0 Å². The Morgan fingerprint density at radius 3 is 2.83 bits per heavy atom. The largest absolute Gasteiger partial charge is 0.326 e. The Labute approximate surface area is 121 Å². The molecule has 3 nitrogen and oxygen atoms in total. The summed E-state index contributed by atoms with van der Waals surface area (Å²) >= 11 is 3.75. The fourth-order valence-electron chi connectivity index (χ4n) is 1.97. The van der Waals surface area contributed by atoms with Gasteiger partial charge in [0.05, 0.1) is 9.30 Å². The number of halogens is 1. The summed E-state index contributed by atoms with van der Waals surface area (Å²) in [4.78, 5) is 23.5. The summed E-state index contributed by atoms with van der Waals surface area (Å²) in [5.41, 5.74) is 3.06. The molecule has 0 radical (unpaired) electrons. The number of carbonyl (C=O) groups is 2. The van der Waals surface area contributed by atoms with E-state index in [0.717, 1.165) is 14.1 Å². The molecular formula is C13H8INO2S. The molecule has 0 saturated carbocycles. The van der Waals surface area contributed by atoms with E-state index in [1.54, 1.807) is 29.5 Å². The molecule has 1 aliphatic heterocycles. The SMILES string of the molecule is O=C1Cc2cc(C(=O)c3csc(I)c3)ccc2N1. The van der Waals surface area contributed by atoms with Gasteiger partial charge in [-0.05, 0) is 52.4 Å². The van der Waals surface area contributed by atoms with E-state index < -0.39 is 0 Å². The molecule has 0 atom stereocenters. The second kappa shape index (κ2) is 4.47. The van der Waals surface area contributed by atoms with Crippen molar-refractivity contribution in [2.75, 3.05) is 5.32 Å². The van der Waals surface area contributed by atoms with Gasteiger partial charge in [-0.15, -0.1) is 11.3 Å². The van der Waals surface area contributed by atoms with Crippen LogP contribution in [0.4, 0.5) is 5.69 Å². The van der Waals surface area contributed by atoms with E-state index in [1.165, 1.54) is 0 Å². The standard InChI is InChI=1S/C13H8INO2S/c14-11-4-9(6-18-11)13(17)7-1-2-10-8(3-7)5-12(16)15-10/h1-4,6H,5H2,(H,15,16). The molecule has 0 unspecified atom stereocenters. The summed E-state index contributed by atoms with van der Waals surface area (Å²) < 4.78 is 1.09. The van der Waals surface area contributed by atoms with E-state index in [0.29, 0.717) is 17.5 Å². The van der Waals surface area contributed by atoms with Crippen molar-refractivity contribution >= 4 is 51.3 Å². The summed E-state index contributed by atoms with van der Waals surface area (Å²) in [7, 11) is 0. The van der Waals surface area contributed by atoms with E-state index in [9.17, 15) is 9.59 Å². The molecule has 3 rings (SSSR count). The highest BCUT2D eigenvalue weighted by molar-refractivity contribution is 14.1. The highest BCUT2D eigenvalue weighted by atomic mass is 127. The lowest BCUT2D eigenvalue weighted by Crippen LogP contribution is -2.03. The van der Waals surface area contributed by atoms with Crippen molar-refractivity contribution in [1.82, 2.24) is 0 Å². The van der Waals surface area contributed by atoms with Crippen LogP contribution in [0.15, 0.2) is 29.6 Å². The van der Waals surface area contributed by atoms with Crippen LogP contribution in [-0.2, 0) is 11.2 Å². The lowest BCUT2D eigenvalue weighted by Gasteiger charge is -2.02. The van der Waals surface area contributed by atoms with Crippen LogP contribution in [0.1, 0.15) is 21.5 Å². The molecule has 1 aliphatic rings. The normalized spacial score (nSPS) is 13.3. The van der Waals surface area contributed by atoms with Gasteiger partial charge >= 0.3 is 0 Å². The first-order valence-electron chi connectivity index (χ1n) is 5.35. The maximum Gasteiger partial charge on any atom is 0.228 e. The number of anilines is 1. The Morgan fingerprint density at radius 1 is 1.28 bits per heavy atom. The number of amides is 1. The Hall–Kier alpha value is -1.21. The third-order valence-corrected chi connectivity index (χ3v) is 4.61. The average molecular weight is 369 g/mol. The quantitative estimate of drug-likeness (QED) is 0.653. The minimum atomic E-state index is -0.0142. The van der Waals surface area contributed by atoms with Crippen molar-refractivity contribution < 1.29 is 9.59 Å². The summed E-state index contributed by atoms with van der Waals surface area (Å²) in [5, 5.41) is 4.62. The molecule has 0 fully saturated rings. The number of hydrogen-bond donors (Lipinski definition) is 1. The van der Waals surface area contributed by atoms with E-state index in [2.05, 4.69) is 27.9 Å². The van der Waals surface area contributed by atoms with Gasteiger partial charge < -0.3 is 5.32 Å². The van der Waals surface area contributed by atoms with E-state index in [4.69, 9.17) is 0 Å². The van der Waals surface area contributed by atoms with Gasteiger partial charge in [0.2, 0.25) is 5.91 Å². The number of ketones is 1. The molecule has 0 aliphatic carbocycles. The maximum atomic E-state index is 12.2. The molecular weight excluding hydrogens is 361 g/mol. The van der Waals surface area contributed by atoms with E-state index in [1.807, 2.05) is 11.4 Å². The van der Waals surface area contributed by atoms with Gasteiger partial charge in [-0.1, -0.05) is 0 Å². The highest BCUT2D eigenvalue weighted by Crippen LogP contribution is 2.26. The zero-order valence-corrected chi connectivity index (χ0v) is 12.2. The summed E-state index contributed by atoms with van der Waals surface area (Å²) in [6.45, 7) is 0. The lowest BCUT2D eigenvalue weighted by molar-refractivity contribution is -0.115. The fraction of sp³-hybridized carbons (Fsp3) is 0.0769. The van der Waals surface area contributed by atoms with E-state index in [-0.39, 0.29) is 11.7 Å². The van der Waals surface area contributed by atoms with Gasteiger partial charge in [0, 0.05) is 22.2 Å². The smallest absolute Gasteiger partial charge is 0.228 e. The van der Waals surface area contributed by atoms with Crippen LogP contribution in [0.2, 0.25) is 0 Å². The topological polar surface area (TPSA) is 46.2 Å². The van der Waals surface area contributed by atoms with Crippen LogP contribution in [0, 0.1) is 2.88 Å². The molecule has 0 saturated heterocycles. The lowest BCUT2D eigenvalue weighted by atomic mass is 10.0. The van der Waals surface area contributed by atoms with Crippen molar-refractivity contribution in [2.45, 2.75) is 6.42 Å². The molecule has 1 aromatic carbocycles. The van der Waals surface area contributed by atoms with Crippen LogP contribution >= 0.6 is 33.9 Å². The molecule has 0 spiro atoms. The number of rotatable bonds is 2. The number of hydrogen-bond acceptors (Lipinski definition) is 3. The first kappa shape index (κ1) is 11.9. The van der Waals surface area contributed by atoms with Crippen LogP contribution in [0.25, 0.3) is 0 Å². The Kier molecular flexibility index (Phi) is 2.95. The van der Waals surface area contributed by atoms with Gasteiger partial charge in [0.25, 0.3) is 0 Å². The first-order chi connectivity index (χ1) is 8.63. The molecule has 1 amide bonds. The minimum absolute atomic E-state index is 0.0105. The Morgan fingerprint density at radius 2 is 2.11 bits per heavy atom. The van der Waals surface area contributed by atoms with Crippen LogP contribution in [0.5, 0.6) is 0 Å². The molecule has 1 N–H and O–H groups in total. The zero-order valence-electron chi connectivity index (χ0n) is 9.20. The maximum absolute atomic E-state index is 12.2. The molecule has 1 aromatic heterocycles. The molecule has 2 heterocycles. The van der Waals surface area contributed by atoms with E-state index >= 15 is 0 Å². The third kappa shape index (κ3) is 2.08. The van der Waals surface area contributed by atoms with Gasteiger partial charge in [0.1, 0.15) is 0 Å². The fourth-order valence-corrected chi connectivity index (χ4v) is 3.29. The molecule has 90 valence electrons. The second-order valence-corrected chi connectivity index (χ2v) is 6.87. The predicted octanol–water partition coefficient (Wildman–Crippen LogP) is 3.08.